The van der Waals surface area contributed by atoms with Crippen molar-refractivity contribution in [3.8, 4) is 11.4 Å². The number of aromatic amines is 1. The van der Waals surface area contributed by atoms with Crippen molar-refractivity contribution in [3.63, 3.8) is 0 Å². The Labute approximate surface area is 124 Å². The van der Waals surface area contributed by atoms with Gasteiger partial charge in [0.05, 0.1) is 4.47 Å². The number of halogens is 2. The third-order valence-corrected chi connectivity index (χ3v) is 4.10. The first-order chi connectivity index (χ1) is 9.63. The van der Waals surface area contributed by atoms with E-state index in [2.05, 4.69) is 36.0 Å². The van der Waals surface area contributed by atoms with Gasteiger partial charge in [0.25, 0.3) is 0 Å². The molecular weight excluding hydrogens is 325 g/mol. The zero-order valence-electron chi connectivity index (χ0n) is 10.8. The number of hydrogen-bond donors (Lipinski definition) is 2. The van der Waals surface area contributed by atoms with Gasteiger partial charge >= 0.3 is 0 Å². The zero-order valence-corrected chi connectivity index (χ0v) is 12.4. The van der Waals surface area contributed by atoms with Gasteiger partial charge in [-0.15, -0.1) is 5.10 Å². The van der Waals surface area contributed by atoms with Crippen LogP contribution in [0, 0.1) is 5.82 Å². The molecule has 0 atom stereocenters. The number of anilines is 1. The van der Waals surface area contributed by atoms with Gasteiger partial charge in [0.2, 0.25) is 5.95 Å². The molecule has 5 nitrogen and oxygen atoms in total. The molecule has 1 saturated heterocycles. The summed E-state index contributed by atoms with van der Waals surface area (Å²) in [6.07, 6.45) is 1.90. The maximum Gasteiger partial charge on any atom is 0.245 e. The molecule has 0 saturated carbocycles. The highest BCUT2D eigenvalue weighted by atomic mass is 79.9. The lowest BCUT2D eigenvalue weighted by Gasteiger charge is -2.28. The van der Waals surface area contributed by atoms with Crippen LogP contribution in [0.3, 0.4) is 0 Å². The average molecular weight is 340 g/mol. The number of nitrogens with two attached hydrogens (primary N) is 1. The molecule has 2 aromatic rings. The molecule has 0 radical (unpaired) electrons. The number of rotatable bonds is 2. The Morgan fingerprint density at radius 2 is 2.10 bits per heavy atom. The van der Waals surface area contributed by atoms with E-state index in [0.717, 1.165) is 31.5 Å². The summed E-state index contributed by atoms with van der Waals surface area (Å²) in [5.74, 6) is 1.02. The predicted molar refractivity (Wildman–Crippen MR) is 78.9 cm³/mol. The van der Waals surface area contributed by atoms with Crippen LogP contribution in [0.2, 0.25) is 0 Å². The third kappa shape index (κ3) is 2.69. The number of nitrogens with zero attached hydrogens (tertiary/aromatic N) is 3. The highest BCUT2D eigenvalue weighted by Crippen LogP contribution is 2.24. The van der Waals surface area contributed by atoms with Crippen molar-refractivity contribution in [2.75, 3.05) is 18.0 Å². The molecule has 1 aromatic carbocycles. The topological polar surface area (TPSA) is 70.8 Å². The van der Waals surface area contributed by atoms with Gasteiger partial charge < -0.3 is 10.6 Å². The maximum atomic E-state index is 13.2. The van der Waals surface area contributed by atoms with Crippen LogP contribution in [0.15, 0.2) is 22.7 Å². The number of piperidine rings is 1. The summed E-state index contributed by atoms with van der Waals surface area (Å²) >= 11 is 3.17. The van der Waals surface area contributed by atoms with Crippen LogP contribution in [0.25, 0.3) is 11.4 Å². The van der Waals surface area contributed by atoms with Crippen molar-refractivity contribution >= 4 is 21.9 Å². The molecule has 2 heterocycles. The van der Waals surface area contributed by atoms with Crippen molar-refractivity contribution in [3.05, 3.63) is 28.5 Å². The summed E-state index contributed by atoms with van der Waals surface area (Å²) in [6.45, 7) is 1.73. The van der Waals surface area contributed by atoms with E-state index >= 15 is 0 Å². The van der Waals surface area contributed by atoms with Crippen LogP contribution in [-0.2, 0) is 0 Å². The van der Waals surface area contributed by atoms with Crippen LogP contribution in [0.1, 0.15) is 12.8 Å². The molecule has 3 N–H and O–H groups in total. The monoisotopic (exact) mass is 339 g/mol. The average Bonchev–Trinajstić information content (AvgIpc) is 2.92. The summed E-state index contributed by atoms with van der Waals surface area (Å²) in [5, 5.41) is 7.13. The molecule has 1 fully saturated rings. The Morgan fingerprint density at radius 3 is 2.80 bits per heavy atom. The van der Waals surface area contributed by atoms with Crippen molar-refractivity contribution in [2.45, 2.75) is 18.9 Å². The first-order valence-corrected chi connectivity index (χ1v) is 7.31. The van der Waals surface area contributed by atoms with E-state index in [4.69, 9.17) is 5.73 Å². The lowest BCUT2D eigenvalue weighted by atomic mass is 10.1. The molecule has 7 heteroatoms. The Balaban J connectivity index is 1.81. The second kappa shape index (κ2) is 5.49. The summed E-state index contributed by atoms with van der Waals surface area (Å²) in [5.41, 5.74) is 6.68. The largest absolute Gasteiger partial charge is 0.339 e. The van der Waals surface area contributed by atoms with Gasteiger partial charge in [-0.25, -0.2) is 4.39 Å². The van der Waals surface area contributed by atoms with Crippen molar-refractivity contribution < 1.29 is 4.39 Å². The zero-order chi connectivity index (χ0) is 14.1. The van der Waals surface area contributed by atoms with Crippen LogP contribution in [-0.4, -0.2) is 34.3 Å². The number of H-pyrrole nitrogens is 1. The molecule has 1 aliphatic rings. The number of aromatic nitrogens is 3. The SMILES string of the molecule is NC1CCN(c2n[nH]c(-c3ccc(F)c(Br)c3)n2)CC1. The lowest BCUT2D eigenvalue weighted by molar-refractivity contribution is 0.496. The fraction of sp³-hybridized carbons (Fsp3) is 0.385. The minimum atomic E-state index is -0.293. The van der Waals surface area contributed by atoms with Gasteiger partial charge in [0, 0.05) is 24.7 Å². The summed E-state index contributed by atoms with van der Waals surface area (Å²) in [6, 6.07) is 5.04. The summed E-state index contributed by atoms with van der Waals surface area (Å²) in [4.78, 5) is 6.59. The first-order valence-electron chi connectivity index (χ1n) is 6.52. The Bertz CT molecular complexity index is 607. The normalized spacial score (nSPS) is 16.6. The van der Waals surface area contributed by atoms with Gasteiger partial charge in [0.15, 0.2) is 5.82 Å². The molecule has 0 bridgehead atoms. The Hall–Kier alpha value is -1.47. The highest BCUT2D eigenvalue weighted by molar-refractivity contribution is 9.10. The number of benzene rings is 1. The minimum Gasteiger partial charge on any atom is -0.339 e. The molecule has 0 unspecified atom stereocenters. The molecule has 106 valence electrons. The molecule has 1 aromatic heterocycles. The first kappa shape index (κ1) is 13.5. The van der Waals surface area contributed by atoms with E-state index < -0.39 is 0 Å². The standard InChI is InChI=1S/C13H15BrFN5/c14-10-7-8(1-2-11(10)15)12-17-13(19-18-12)20-5-3-9(16)4-6-20/h1-2,7,9H,3-6,16H2,(H,17,18,19). The van der Waals surface area contributed by atoms with E-state index in [1.54, 1.807) is 12.1 Å². The van der Waals surface area contributed by atoms with Crippen molar-refractivity contribution in [1.29, 1.82) is 0 Å². The second-order valence-electron chi connectivity index (χ2n) is 4.94. The van der Waals surface area contributed by atoms with E-state index in [1.807, 2.05) is 0 Å². The summed E-state index contributed by atoms with van der Waals surface area (Å²) < 4.78 is 13.6. The Morgan fingerprint density at radius 1 is 1.35 bits per heavy atom. The van der Waals surface area contributed by atoms with Gasteiger partial charge in [-0.1, -0.05) is 0 Å². The van der Waals surface area contributed by atoms with Crippen molar-refractivity contribution in [2.24, 2.45) is 5.73 Å². The quantitative estimate of drug-likeness (QED) is 0.880. The van der Waals surface area contributed by atoms with Crippen LogP contribution >= 0.6 is 15.9 Å². The second-order valence-corrected chi connectivity index (χ2v) is 5.79. The Kier molecular flexibility index (Phi) is 3.71. The predicted octanol–water partition coefficient (Wildman–Crippen LogP) is 2.30. The fourth-order valence-electron chi connectivity index (χ4n) is 2.27. The smallest absolute Gasteiger partial charge is 0.245 e. The van der Waals surface area contributed by atoms with Gasteiger partial charge in [0.1, 0.15) is 5.82 Å². The fourth-order valence-corrected chi connectivity index (χ4v) is 2.65. The maximum absolute atomic E-state index is 13.2. The number of nitrogens with one attached hydrogen (secondary N) is 1. The van der Waals surface area contributed by atoms with Gasteiger partial charge in [-0.3, -0.25) is 5.10 Å². The van der Waals surface area contributed by atoms with Gasteiger partial charge in [-0.05, 0) is 47.0 Å². The number of hydrogen-bond acceptors (Lipinski definition) is 4. The lowest BCUT2D eigenvalue weighted by Crippen LogP contribution is -2.40. The molecule has 1 aliphatic heterocycles. The van der Waals surface area contributed by atoms with E-state index in [9.17, 15) is 4.39 Å². The highest BCUT2D eigenvalue weighted by Gasteiger charge is 2.19. The van der Waals surface area contributed by atoms with Crippen molar-refractivity contribution in [1.82, 2.24) is 15.2 Å². The summed E-state index contributed by atoms with van der Waals surface area (Å²) in [7, 11) is 0. The van der Waals surface area contributed by atoms with Crippen LogP contribution in [0.5, 0.6) is 0 Å². The molecule has 3 rings (SSSR count). The van der Waals surface area contributed by atoms with E-state index in [1.165, 1.54) is 6.07 Å². The van der Waals surface area contributed by atoms with E-state index in [0.29, 0.717) is 16.2 Å². The molecular formula is C13H15BrFN5. The van der Waals surface area contributed by atoms with E-state index in [-0.39, 0.29) is 11.9 Å². The van der Waals surface area contributed by atoms with Crippen LogP contribution in [0.4, 0.5) is 10.3 Å². The minimum absolute atomic E-state index is 0.276. The third-order valence-electron chi connectivity index (χ3n) is 3.49. The van der Waals surface area contributed by atoms with Crippen LogP contribution < -0.4 is 10.6 Å². The van der Waals surface area contributed by atoms with Gasteiger partial charge in [-0.2, -0.15) is 4.98 Å². The molecule has 0 aliphatic carbocycles. The molecule has 0 spiro atoms. The molecule has 0 amide bonds. The molecule has 20 heavy (non-hydrogen) atoms.